The molecule has 100 valence electrons. The Morgan fingerprint density at radius 1 is 1.37 bits per heavy atom. The van der Waals surface area contributed by atoms with Crippen LogP contribution in [0.25, 0.3) is 0 Å². The molecule has 19 heavy (non-hydrogen) atoms. The minimum atomic E-state index is -0.462. The second-order valence-corrected chi connectivity index (χ2v) is 3.91. The fourth-order valence-corrected chi connectivity index (χ4v) is 1.52. The van der Waals surface area contributed by atoms with Gasteiger partial charge in [-0.1, -0.05) is 6.07 Å². The fraction of sp³-hybridized carbons (Fsp3) is 0.231. The molecule has 1 heterocycles. The number of aromatic nitrogens is 2. The molecule has 1 aromatic heterocycles. The lowest BCUT2D eigenvalue weighted by molar-refractivity contribution is 0.328. The monoisotopic (exact) mass is 262 g/mol. The highest BCUT2D eigenvalue weighted by molar-refractivity contribution is 5.58. The van der Waals surface area contributed by atoms with Crippen molar-refractivity contribution in [3.63, 3.8) is 0 Å². The number of benzene rings is 1. The van der Waals surface area contributed by atoms with E-state index in [4.69, 9.17) is 10.5 Å². The van der Waals surface area contributed by atoms with Gasteiger partial charge in [0.05, 0.1) is 5.69 Å². The van der Waals surface area contributed by atoms with Crippen LogP contribution in [0.5, 0.6) is 5.75 Å². The molecule has 0 saturated carbocycles. The average Bonchev–Trinajstić information content (AvgIpc) is 2.42. The number of nitrogens with one attached hydrogen (secondary N) is 1. The molecule has 0 aliphatic carbocycles. The van der Waals surface area contributed by atoms with Gasteiger partial charge in [0.15, 0.2) is 11.6 Å². The van der Waals surface area contributed by atoms with Crippen LogP contribution in [0.4, 0.5) is 15.9 Å². The Morgan fingerprint density at radius 3 is 3.00 bits per heavy atom. The van der Waals surface area contributed by atoms with Crippen molar-refractivity contribution < 1.29 is 9.13 Å². The van der Waals surface area contributed by atoms with Gasteiger partial charge in [-0.05, 0) is 19.1 Å². The van der Waals surface area contributed by atoms with Gasteiger partial charge in [0, 0.05) is 18.3 Å². The lowest BCUT2D eigenvalue weighted by Gasteiger charge is -2.09. The molecule has 0 aliphatic heterocycles. The minimum absolute atomic E-state index is 0.142. The topological polar surface area (TPSA) is 73.1 Å². The standard InChI is InChI=1S/C13H15FN4O/c1-9-12(14)13(17-8-16-9)18-10-3-2-4-11(7-10)19-6-5-15/h2-4,7-8H,5-6,15H2,1H3,(H,16,17,18). The van der Waals surface area contributed by atoms with Crippen molar-refractivity contribution in [3.8, 4) is 5.75 Å². The van der Waals surface area contributed by atoms with Crippen LogP contribution in [-0.2, 0) is 0 Å². The molecule has 0 amide bonds. The van der Waals surface area contributed by atoms with Crippen molar-refractivity contribution in [2.45, 2.75) is 6.92 Å². The summed E-state index contributed by atoms with van der Waals surface area (Å²) in [6.45, 7) is 2.46. The number of hydrogen-bond donors (Lipinski definition) is 2. The third-order valence-corrected chi connectivity index (χ3v) is 2.45. The molecule has 0 bridgehead atoms. The SMILES string of the molecule is Cc1ncnc(Nc2cccc(OCCN)c2)c1F. The van der Waals surface area contributed by atoms with Gasteiger partial charge in [-0.2, -0.15) is 0 Å². The van der Waals surface area contributed by atoms with Crippen LogP contribution >= 0.6 is 0 Å². The van der Waals surface area contributed by atoms with Gasteiger partial charge in [0.25, 0.3) is 0 Å². The van der Waals surface area contributed by atoms with E-state index in [-0.39, 0.29) is 5.82 Å². The maximum absolute atomic E-state index is 13.8. The Hall–Kier alpha value is -2.21. The zero-order valence-corrected chi connectivity index (χ0v) is 10.6. The van der Waals surface area contributed by atoms with Crippen LogP contribution < -0.4 is 15.8 Å². The van der Waals surface area contributed by atoms with Crippen molar-refractivity contribution >= 4 is 11.5 Å². The predicted octanol–water partition coefficient (Wildman–Crippen LogP) is 2.01. The summed E-state index contributed by atoms with van der Waals surface area (Å²) in [6, 6.07) is 7.17. The first kappa shape index (κ1) is 13.2. The maximum atomic E-state index is 13.8. The Balaban J connectivity index is 2.16. The molecule has 0 atom stereocenters. The predicted molar refractivity (Wildman–Crippen MR) is 71.0 cm³/mol. The molecule has 0 aliphatic rings. The second-order valence-electron chi connectivity index (χ2n) is 3.91. The van der Waals surface area contributed by atoms with Crippen LogP contribution in [0.3, 0.4) is 0 Å². The normalized spacial score (nSPS) is 10.3. The summed E-state index contributed by atoms with van der Waals surface area (Å²) in [5.74, 6) is 0.348. The quantitative estimate of drug-likeness (QED) is 0.862. The van der Waals surface area contributed by atoms with Crippen LogP contribution in [0.15, 0.2) is 30.6 Å². The lowest BCUT2D eigenvalue weighted by atomic mass is 10.3. The summed E-state index contributed by atoms with van der Waals surface area (Å²) in [7, 11) is 0. The first-order valence-electron chi connectivity index (χ1n) is 5.88. The van der Waals surface area contributed by atoms with Gasteiger partial charge in [-0.3, -0.25) is 0 Å². The maximum Gasteiger partial charge on any atom is 0.186 e. The van der Waals surface area contributed by atoms with E-state index in [2.05, 4.69) is 15.3 Å². The Morgan fingerprint density at radius 2 is 2.21 bits per heavy atom. The van der Waals surface area contributed by atoms with E-state index in [0.29, 0.717) is 30.3 Å². The fourth-order valence-electron chi connectivity index (χ4n) is 1.52. The Labute approximate surface area is 110 Å². The summed E-state index contributed by atoms with van der Waals surface area (Å²) in [5.41, 5.74) is 6.35. The molecule has 0 saturated heterocycles. The number of rotatable bonds is 5. The molecule has 0 fully saturated rings. The van der Waals surface area contributed by atoms with E-state index < -0.39 is 5.82 Å². The van der Waals surface area contributed by atoms with Crippen molar-refractivity contribution in [3.05, 3.63) is 42.1 Å². The van der Waals surface area contributed by atoms with Gasteiger partial charge in [-0.25, -0.2) is 14.4 Å². The molecular weight excluding hydrogens is 247 g/mol. The highest BCUT2D eigenvalue weighted by Crippen LogP contribution is 2.22. The second kappa shape index (κ2) is 6.10. The average molecular weight is 262 g/mol. The van der Waals surface area contributed by atoms with Gasteiger partial charge < -0.3 is 15.8 Å². The summed E-state index contributed by atoms with van der Waals surface area (Å²) >= 11 is 0. The Bertz CT molecular complexity index is 562. The molecule has 0 unspecified atom stereocenters. The number of nitrogens with zero attached hydrogens (tertiary/aromatic N) is 2. The van der Waals surface area contributed by atoms with Gasteiger partial charge in [-0.15, -0.1) is 0 Å². The molecule has 3 N–H and O–H groups in total. The van der Waals surface area contributed by atoms with Crippen LogP contribution in [0.2, 0.25) is 0 Å². The summed E-state index contributed by atoms with van der Waals surface area (Å²) in [6.07, 6.45) is 1.31. The van der Waals surface area contributed by atoms with Crippen molar-refractivity contribution in [1.29, 1.82) is 0 Å². The number of ether oxygens (including phenoxy) is 1. The molecule has 0 spiro atoms. The first-order valence-corrected chi connectivity index (χ1v) is 5.88. The zero-order valence-electron chi connectivity index (χ0n) is 10.6. The molecule has 1 aromatic carbocycles. The van der Waals surface area contributed by atoms with Gasteiger partial charge >= 0.3 is 0 Å². The summed E-state index contributed by atoms with van der Waals surface area (Å²) < 4.78 is 19.2. The summed E-state index contributed by atoms with van der Waals surface area (Å²) in [4.78, 5) is 7.64. The zero-order chi connectivity index (χ0) is 13.7. The van der Waals surface area contributed by atoms with Gasteiger partial charge in [0.1, 0.15) is 18.7 Å². The van der Waals surface area contributed by atoms with Crippen LogP contribution in [0.1, 0.15) is 5.69 Å². The number of nitrogens with two attached hydrogens (primary N) is 1. The molecule has 6 heteroatoms. The molecule has 2 aromatic rings. The lowest BCUT2D eigenvalue weighted by Crippen LogP contribution is -2.10. The van der Waals surface area contributed by atoms with E-state index in [1.165, 1.54) is 6.33 Å². The highest BCUT2D eigenvalue weighted by atomic mass is 19.1. The van der Waals surface area contributed by atoms with Crippen molar-refractivity contribution in [2.24, 2.45) is 5.73 Å². The summed E-state index contributed by atoms with van der Waals surface area (Å²) in [5, 5.41) is 2.89. The van der Waals surface area contributed by atoms with Crippen molar-refractivity contribution in [2.75, 3.05) is 18.5 Å². The minimum Gasteiger partial charge on any atom is -0.492 e. The van der Waals surface area contributed by atoms with Crippen molar-refractivity contribution in [1.82, 2.24) is 9.97 Å². The van der Waals surface area contributed by atoms with Gasteiger partial charge in [0.2, 0.25) is 0 Å². The third kappa shape index (κ3) is 3.38. The first-order chi connectivity index (χ1) is 9.20. The number of aryl methyl sites for hydroxylation is 1. The largest absolute Gasteiger partial charge is 0.492 e. The van der Waals surface area contributed by atoms with E-state index in [1.807, 2.05) is 6.07 Å². The highest BCUT2D eigenvalue weighted by Gasteiger charge is 2.07. The molecule has 2 rings (SSSR count). The molecular formula is C13H15FN4O. The molecule has 0 radical (unpaired) electrons. The smallest absolute Gasteiger partial charge is 0.186 e. The van der Waals surface area contributed by atoms with Crippen LogP contribution in [-0.4, -0.2) is 23.1 Å². The molecule has 5 nitrogen and oxygen atoms in total. The Kier molecular flexibility index (Phi) is 4.25. The van der Waals surface area contributed by atoms with E-state index in [1.54, 1.807) is 25.1 Å². The number of anilines is 2. The van der Waals surface area contributed by atoms with E-state index >= 15 is 0 Å². The van der Waals surface area contributed by atoms with E-state index in [9.17, 15) is 4.39 Å². The number of hydrogen-bond acceptors (Lipinski definition) is 5. The third-order valence-electron chi connectivity index (χ3n) is 2.45. The van der Waals surface area contributed by atoms with E-state index in [0.717, 1.165) is 0 Å². The van der Waals surface area contributed by atoms with Crippen LogP contribution in [0, 0.1) is 12.7 Å². The number of halogens is 1.